The number of hydrogen-bond donors (Lipinski definition) is 1. The van der Waals surface area contributed by atoms with E-state index in [1.165, 1.54) is 19.2 Å². The van der Waals surface area contributed by atoms with Gasteiger partial charge in [-0.2, -0.15) is 0 Å². The molecule has 0 bridgehead atoms. The summed E-state index contributed by atoms with van der Waals surface area (Å²) in [5.41, 5.74) is 0. The van der Waals surface area contributed by atoms with Crippen molar-refractivity contribution in [1.29, 1.82) is 0 Å². The molecule has 0 aliphatic heterocycles. The molecule has 0 aromatic heterocycles. The van der Waals surface area contributed by atoms with Crippen LogP contribution in [0, 0.1) is 5.82 Å². The van der Waals surface area contributed by atoms with Crippen molar-refractivity contribution in [2.24, 2.45) is 0 Å². The molecule has 0 aliphatic rings. The molecule has 17 heavy (non-hydrogen) atoms. The lowest BCUT2D eigenvalue weighted by molar-refractivity contribution is 0.196. The van der Waals surface area contributed by atoms with Gasteiger partial charge in [0.05, 0.1) is 0 Å². The second kappa shape index (κ2) is 6.44. The van der Waals surface area contributed by atoms with Crippen LogP contribution in [0.15, 0.2) is 27.6 Å². The highest BCUT2D eigenvalue weighted by Gasteiger charge is 2.18. The smallest absolute Gasteiger partial charge is 0.243 e. The maximum atomic E-state index is 13.4. The summed E-state index contributed by atoms with van der Waals surface area (Å²) in [7, 11) is -2.26. The molecule has 0 saturated heterocycles. The van der Waals surface area contributed by atoms with Gasteiger partial charge in [0.2, 0.25) is 10.0 Å². The highest BCUT2D eigenvalue weighted by atomic mass is 79.9. The Morgan fingerprint density at radius 3 is 2.76 bits per heavy atom. The molecule has 0 radical (unpaired) electrons. The van der Waals surface area contributed by atoms with E-state index in [2.05, 4.69) is 20.7 Å². The van der Waals surface area contributed by atoms with Crippen LogP contribution in [-0.2, 0) is 14.8 Å². The van der Waals surface area contributed by atoms with Gasteiger partial charge < -0.3 is 4.74 Å². The Balaban J connectivity index is 2.76. The molecule has 4 nitrogen and oxygen atoms in total. The van der Waals surface area contributed by atoms with Crippen molar-refractivity contribution in [3.63, 3.8) is 0 Å². The molecule has 0 unspecified atom stereocenters. The minimum Gasteiger partial charge on any atom is -0.385 e. The van der Waals surface area contributed by atoms with Gasteiger partial charge in [-0.1, -0.05) is 15.9 Å². The zero-order valence-electron chi connectivity index (χ0n) is 9.24. The van der Waals surface area contributed by atoms with E-state index < -0.39 is 15.8 Å². The number of sulfonamides is 1. The van der Waals surface area contributed by atoms with Crippen LogP contribution in [0.4, 0.5) is 4.39 Å². The van der Waals surface area contributed by atoms with Crippen molar-refractivity contribution in [2.45, 2.75) is 11.3 Å². The number of methoxy groups -OCH3 is 1. The van der Waals surface area contributed by atoms with E-state index in [4.69, 9.17) is 4.74 Å². The second-order valence-corrected chi connectivity index (χ2v) is 5.97. The molecule has 0 amide bonds. The fourth-order valence-electron chi connectivity index (χ4n) is 1.19. The zero-order valence-corrected chi connectivity index (χ0v) is 11.6. The van der Waals surface area contributed by atoms with Gasteiger partial charge in [0, 0.05) is 24.7 Å². The summed E-state index contributed by atoms with van der Waals surface area (Å²) in [6.45, 7) is 0.664. The van der Waals surface area contributed by atoms with Gasteiger partial charge >= 0.3 is 0 Å². The molecule has 1 rings (SSSR count). The first-order valence-electron chi connectivity index (χ1n) is 4.91. The SMILES string of the molecule is COCCCNS(=O)(=O)c1ccc(Br)cc1F. The lowest BCUT2D eigenvalue weighted by Crippen LogP contribution is -2.26. The van der Waals surface area contributed by atoms with Gasteiger partial charge in [0.15, 0.2) is 0 Å². The van der Waals surface area contributed by atoms with Gasteiger partial charge in [0.1, 0.15) is 10.7 Å². The quantitative estimate of drug-likeness (QED) is 0.813. The molecule has 0 saturated carbocycles. The Morgan fingerprint density at radius 1 is 1.47 bits per heavy atom. The van der Waals surface area contributed by atoms with Crippen LogP contribution < -0.4 is 4.72 Å². The molecule has 0 fully saturated rings. The van der Waals surface area contributed by atoms with Crippen LogP contribution in [0.3, 0.4) is 0 Å². The van der Waals surface area contributed by atoms with Crippen LogP contribution >= 0.6 is 15.9 Å². The minimum absolute atomic E-state index is 0.214. The third-order valence-electron chi connectivity index (χ3n) is 2.00. The average Bonchev–Trinajstić information content (AvgIpc) is 2.24. The third kappa shape index (κ3) is 4.34. The minimum atomic E-state index is -3.79. The molecule has 1 aromatic carbocycles. The fraction of sp³-hybridized carbons (Fsp3) is 0.400. The molecule has 96 valence electrons. The number of nitrogens with one attached hydrogen (secondary N) is 1. The second-order valence-electron chi connectivity index (χ2n) is 3.32. The van der Waals surface area contributed by atoms with Gasteiger partial charge in [0.25, 0.3) is 0 Å². The summed E-state index contributed by atoms with van der Waals surface area (Å²) in [6, 6.07) is 3.81. The van der Waals surface area contributed by atoms with Gasteiger partial charge in [-0.05, 0) is 24.6 Å². The number of benzene rings is 1. The van der Waals surface area contributed by atoms with Crippen LogP contribution in [0.5, 0.6) is 0 Å². The summed E-state index contributed by atoms with van der Waals surface area (Å²) in [5, 5.41) is 0. The van der Waals surface area contributed by atoms with E-state index in [-0.39, 0.29) is 11.4 Å². The summed E-state index contributed by atoms with van der Waals surface area (Å²) in [4.78, 5) is -0.349. The Hall–Kier alpha value is -0.500. The average molecular weight is 326 g/mol. The lowest BCUT2D eigenvalue weighted by atomic mass is 10.3. The maximum absolute atomic E-state index is 13.4. The first kappa shape index (κ1) is 14.6. The first-order chi connectivity index (χ1) is 7.97. The maximum Gasteiger partial charge on any atom is 0.243 e. The summed E-state index contributed by atoms with van der Waals surface area (Å²) in [6.07, 6.45) is 0.536. The number of ether oxygens (including phenoxy) is 1. The molecular weight excluding hydrogens is 313 g/mol. The van der Waals surface area contributed by atoms with Crippen LogP contribution in [0.2, 0.25) is 0 Å². The van der Waals surface area contributed by atoms with Crippen molar-refractivity contribution < 1.29 is 17.5 Å². The Labute approximate surface area is 108 Å². The fourth-order valence-corrected chi connectivity index (χ4v) is 2.66. The van der Waals surface area contributed by atoms with E-state index in [1.807, 2.05) is 0 Å². The normalized spacial score (nSPS) is 11.7. The molecule has 1 aromatic rings. The first-order valence-corrected chi connectivity index (χ1v) is 7.18. The molecule has 7 heteroatoms. The highest BCUT2D eigenvalue weighted by molar-refractivity contribution is 9.10. The number of halogens is 2. The molecule has 0 atom stereocenters. The Bertz CT molecular complexity index is 478. The number of rotatable bonds is 6. The van der Waals surface area contributed by atoms with Crippen LogP contribution in [0.1, 0.15) is 6.42 Å². The molecule has 0 heterocycles. The standard InChI is InChI=1S/C10H13BrFNO3S/c1-16-6-2-5-13-17(14,15)10-4-3-8(11)7-9(10)12/h3-4,7,13H,2,5-6H2,1H3. The van der Waals surface area contributed by atoms with E-state index >= 15 is 0 Å². The van der Waals surface area contributed by atoms with Crippen molar-refractivity contribution >= 4 is 26.0 Å². The predicted octanol–water partition coefficient (Wildman–Crippen LogP) is 1.90. The predicted molar refractivity (Wildman–Crippen MR) is 65.8 cm³/mol. The summed E-state index contributed by atoms with van der Waals surface area (Å²) in [5.74, 6) is -0.779. The van der Waals surface area contributed by atoms with Crippen molar-refractivity contribution in [3.8, 4) is 0 Å². The van der Waals surface area contributed by atoms with Crippen LogP contribution in [-0.4, -0.2) is 28.7 Å². The van der Waals surface area contributed by atoms with Crippen molar-refractivity contribution in [1.82, 2.24) is 4.72 Å². The van der Waals surface area contributed by atoms with E-state index in [9.17, 15) is 12.8 Å². The summed E-state index contributed by atoms with van der Waals surface area (Å²) >= 11 is 3.06. The van der Waals surface area contributed by atoms with E-state index in [0.717, 1.165) is 6.07 Å². The largest absolute Gasteiger partial charge is 0.385 e. The Kier molecular flexibility index (Phi) is 5.51. The molecule has 0 aliphatic carbocycles. The van der Waals surface area contributed by atoms with E-state index in [1.54, 1.807) is 0 Å². The van der Waals surface area contributed by atoms with Gasteiger partial charge in [-0.15, -0.1) is 0 Å². The van der Waals surface area contributed by atoms with Crippen molar-refractivity contribution in [3.05, 3.63) is 28.5 Å². The van der Waals surface area contributed by atoms with E-state index in [0.29, 0.717) is 17.5 Å². The number of hydrogen-bond acceptors (Lipinski definition) is 3. The summed E-state index contributed by atoms with van der Waals surface area (Å²) < 4.78 is 44.5. The molecule has 1 N–H and O–H groups in total. The molecular formula is C10H13BrFNO3S. The zero-order chi connectivity index (χ0) is 12.9. The van der Waals surface area contributed by atoms with Gasteiger partial charge in [-0.3, -0.25) is 0 Å². The third-order valence-corrected chi connectivity index (χ3v) is 3.99. The lowest BCUT2D eigenvalue weighted by Gasteiger charge is -2.07. The monoisotopic (exact) mass is 325 g/mol. The van der Waals surface area contributed by atoms with Gasteiger partial charge in [-0.25, -0.2) is 17.5 Å². The molecule has 0 spiro atoms. The highest BCUT2D eigenvalue weighted by Crippen LogP contribution is 2.19. The van der Waals surface area contributed by atoms with Crippen LogP contribution in [0.25, 0.3) is 0 Å². The topological polar surface area (TPSA) is 55.4 Å². The Morgan fingerprint density at radius 2 is 2.18 bits per heavy atom. The van der Waals surface area contributed by atoms with Crippen molar-refractivity contribution in [2.75, 3.05) is 20.3 Å².